The highest BCUT2D eigenvalue weighted by Crippen LogP contribution is 2.36. The van der Waals surface area contributed by atoms with Crippen molar-refractivity contribution in [2.24, 2.45) is 5.41 Å². The van der Waals surface area contributed by atoms with Gasteiger partial charge in [0.2, 0.25) is 0 Å². The fourth-order valence-electron chi connectivity index (χ4n) is 2.80. The molecule has 0 atom stereocenters. The quantitative estimate of drug-likeness (QED) is 0.729. The second kappa shape index (κ2) is 7.10. The van der Waals surface area contributed by atoms with Gasteiger partial charge >= 0.3 is 6.09 Å². The smallest absolute Gasteiger partial charge is 0.410 e. The van der Waals surface area contributed by atoms with Gasteiger partial charge in [-0.25, -0.2) is 9.18 Å². The Morgan fingerprint density at radius 3 is 2.54 bits per heavy atom. The van der Waals surface area contributed by atoms with Gasteiger partial charge in [-0.05, 0) is 57.7 Å². The molecule has 0 unspecified atom stereocenters. The van der Waals surface area contributed by atoms with Crippen LogP contribution in [-0.2, 0) is 11.2 Å². The molecule has 1 heterocycles. The maximum Gasteiger partial charge on any atom is 0.410 e. The molecule has 1 aliphatic heterocycles. The summed E-state index contributed by atoms with van der Waals surface area (Å²) in [5, 5.41) is 9.64. The van der Waals surface area contributed by atoms with E-state index in [0.717, 1.165) is 0 Å². The van der Waals surface area contributed by atoms with E-state index in [-0.39, 0.29) is 11.9 Å². The first-order chi connectivity index (χ1) is 11.1. The van der Waals surface area contributed by atoms with E-state index in [2.05, 4.69) is 22.0 Å². The minimum Gasteiger partial charge on any atom is -0.444 e. The summed E-state index contributed by atoms with van der Waals surface area (Å²) in [5.41, 5.74) is -0.653. The number of rotatable bonds is 2. The average Bonchev–Trinajstić information content (AvgIpc) is 2.49. The lowest BCUT2D eigenvalue weighted by Gasteiger charge is -2.38. The average molecular weight is 397 g/mol. The van der Waals surface area contributed by atoms with Crippen molar-refractivity contribution in [3.63, 3.8) is 0 Å². The summed E-state index contributed by atoms with van der Waals surface area (Å²) in [4.78, 5) is 13.7. The zero-order valence-electron chi connectivity index (χ0n) is 14.2. The number of carbonyl (C=O) groups excluding carboxylic acids is 1. The summed E-state index contributed by atoms with van der Waals surface area (Å²) >= 11 is 3.24. The number of carbonyl (C=O) groups is 1. The van der Waals surface area contributed by atoms with Gasteiger partial charge in [-0.15, -0.1) is 0 Å². The van der Waals surface area contributed by atoms with Gasteiger partial charge < -0.3 is 9.64 Å². The highest BCUT2D eigenvalue weighted by molar-refractivity contribution is 9.10. The Hall–Kier alpha value is -1.61. The van der Waals surface area contributed by atoms with E-state index in [1.165, 1.54) is 6.07 Å². The lowest BCUT2D eigenvalue weighted by Crippen LogP contribution is -2.45. The first kappa shape index (κ1) is 18.7. The molecule has 1 aliphatic rings. The van der Waals surface area contributed by atoms with Crippen LogP contribution in [0.2, 0.25) is 0 Å². The molecule has 0 radical (unpaired) electrons. The Kier molecular flexibility index (Phi) is 5.54. The Labute approximate surface area is 150 Å². The van der Waals surface area contributed by atoms with Gasteiger partial charge in [0.15, 0.2) is 0 Å². The van der Waals surface area contributed by atoms with Crippen LogP contribution in [0, 0.1) is 22.6 Å². The van der Waals surface area contributed by atoms with E-state index in [4.69, 9.17) is 4.74 Å². The first-order valence-electron chi connectivity index (χ1n) is 7.97. The monoisotopic (exact) mass is 396 g/mol. The van der Waals surface area contributed by atoms with Crippen molar-refractivity contribution in [1.82, 2.24) is 4.90 Å². The van der Waals surface area contributed by atoms with E-state index >= 15 is 0 Å². The van der Waals surface area contributed by atoms with Gasteiger partial charge in [0.1, 0.15) is 11.4 Å². The second-order valence-electron chi connectivity index (χ2n) is 7.27. The van der Waals surface area contributed by atoms with Crippen molar-refractivity contribution >= 4 is 22.0 Å². The summed E-state index contributed by atoms with van der Waals surface area (Å²) in [5.74, 6) is -0.312. The fraction of sp³-hybridized carbons (Fsp3) is 0.556. The maximum atomic E-state index is 14.1. The molecular weight excluding hydrogens is 375 g/mol. The Bertz CT molecular complexity index is 656. The first-order valence-corrected chi connectivity index (χ1v) is 8.77. The van der Waals surface area contributed by atoms with Crippen LogP contribution in [0.15, 0.2) is 22.7 Å². The minimum absolute atomic E-state index is 0.312. The summed E-state index contributed by atoms with van der Waals surface area (Å²) < 4.78 is 20.1. The topological polar surface area (TPSA) is 53.3 Å². The van der Waals surface area contributed by atoms with Crippen LogP contribution in [0.4, 0.5) is 9.18 Å². The number of hydrogen-bond acceptors (Lipinski definition) is 3. The van der Waals surface area contributed by atoms with Crippen molar-refractivity contribution in [2.75, 3.05) is 13.1 Å². The molecular formula is C18H22BrFN2O2. The molecule has 130 valence electrons. The second-order valence-corrected chi connectivity index (χ2v) is 8.19. The van der Waals surface area contributed by atoms with Crippen LogP contribution < -0.4 is 0 Å². The van der Waals surface area contributed by atoms with Gasteiger partial charge in [0.25, 0.3) is 0 Å². The van der Waals surface area contributed by atoms with Crippen LogP contribution in [0.25, 0.3) is 0 Å². The number of piperidine rings is 1. The SMILES string of the molecule is CC(C)(C)OC(=O)N1CCC(C#N)(Cc2ccc(Br)cc2F)CC1. The highest BCUT2D eigenvalue weighted by atomic mass is 79.9. The van der Waals surface area contributed by atoms with E-state index in [1.54, 1.807) is 17.0 Å². The van der Waals surface area contributed by atoms with Crippen LogP contribution in [0.5, 0.6) is 0 Å². The Morgan fingerprint density at radius 1 is 1.42 bits per heavy atom. The number of hydrogen-bond donors (Lipinski definition) is 0. The van der Waals surface area contributed by atoms with Crippen LogP contribution in [-0.4, -0.2) is 29.7 Å². The predicted octanol–water partition coefficient (Wildman–Crippen LogP) is 4.67. The molecule has 2 rings (SSSR count). The molecule has 1 saturated heterocycles. The van der Waals surface area contributed by atoms with Crippen LogP contribution in [0.3, 0.4) is 0 Å². The Morgan fingerprint density at radius 2 is 2.04 bits per heavy atom. The van der Waals surface area contributed by atoms with E-state index in [1.807, 2.05) is 20.8 Å². The number of nitrogens with zero attached hydrogens (tertiary/aromatic N) is 2. The van der Waals surface area contributed by atoms with Gasteiger partial charge in [-0.3, -0.25) is 0 Å². The summed E-state index contributed by atoms with van der Waals surface area (Å²) in [6, 6.07) is 7.26. The molecule has 0 spiro atoms. The molecule has 1 aromatic rings. The van der Waals surface area contributed by atoms with E-state index < -0.39 is 11.0 Å². The van der Waals surface area contributed by atoms with Gasteiger partial charge in [-0.1, -0.05) is 22.0 Å². The predicted molar refractivity (Wildman–Crippen MR) is 92.9 cm³/mol. The third-order valence-corrected chi connectivity index (χ3v) is 4.65. The van der Waals surface area contributed by atoms with E-state index in [0.29, 0.717) is 42.4 Å². The molecule has 0 N–H and O–H groups in total. The molecule has 1 aromatic carbocycles. The lowest BCUT2D eigenvalue weighted by atomic mass is 9.75. The molecule has 0 aliphatic carbocycles. The Balaban J connectivity index is 2.04. The molecule has 24 heavy (non-hydrogen) atoms. The number of nitriles is 1. The maximum absolute atomic E-state index is 14.1. The lowest BCUT2D eigenvalue weighted by molar-refractivity contribution is 0.0148. The summed E-state index contributed by atoms with van der Waals surface area (Å²) in [6.07, 6.45) is 1.02. The fourth-order valence-corrected chi connectivity index (χ4v) is 3.13. The molecule has 1 fully saturated rings. The van der Waals surface area contributed by atoms with Crippen molar-refractivity contribution in [1.29, 1.82) is 5.26 Å². The summed E-state index contributed by atoms with van der Waals surface area (Å²) in [7, 11) is 0. The third-order valence-electron chi connectivity index (χ3n) is 4.15. The largest absolute Gasteiger partial charge is 0.444 e. The number of likely N-dealkylation sites (tertiary alicyclic amines) is 1. The zero-order valence-corrected chi connectivity index (χ0v) is 15.8. The summed E-state index contributed by atoms with van der Waals surface area (Å²) in [6.45, 7) is 6.36. The number of benzene rings is 1. The van der Waals surface area contributed by atoms with Crippen molar-refractivity contribution in [3.8, 4) is 6.07 Å². The molecule has 0 saturated carbocycles. The molecule has 0 aromatic heterocycles. The number of halogens is 2. The van der Waals surface area contributed by atoms with Crippen molar-refractivity contribution in [2.45, 2.75) is 45.6 Å². The number of amides is 1. The number of ether oxygens (including phenoxy) is 1. The van der Waals surface area contributed by atoms with Crippen molar-refractivity contribution < 1.29 is 13.9 Å². The van der Waals surface area contributed by atoms with Gasteiger partial charge in [0.05, 0.1) is 11.5 Å². The molecule has 1 amide bonds. The van der Waals surface area contributed by atoms with Gasteiger partial charge in [0, 0.05) is 17.6 Å². The zero-order chi connectivity index (χ0) is 18.0. The molecule has 0 bridgehead atoms. The molecule has 6 heteroatoms. The molecule has 4 nitrogen and oxygen atoms in total. The van der Waals surface area contributed by atoms with Gasteiger partial charge in [-0.2, -0.15) is 5.26 Å². The standard InChI is InChI=1S/C18H22BrFN2O2/c1-17(2,3)24-16(23)22-8-6-18(12-21,7-9-22)11-13-4-5-14(19)10-15(13)20/h4-5,10H,6-9,11H2,1-3H3. The minimum atomic E-state index is -0.646. The van der Waals surface area contributed by atoms with Crippen LogP contribution >= 0.6 is 15.9 Å². The van der Waals surface area contributed by atoms with Crippen molar-refractivity contribution in [3.05, 3.63) is 34.1 Å². The highest BCUT2D eigenvalue weighted by Gasteiger charge is 2.38. The van der Waals surface area contributed by atoms with Crippen LogP contribution in [0.1, 0.15) is 39.2 Å². The third kappa shape index (κ3) is 4.70. The normalized spacial score (nSPS) is 17.2. The van der Waals surface area contributed by atoms with E-state index in [9.17, 15) is 14.4 Å².